The van der Waals surface area contributed by atoms with Gasteiger partial charge in [0, 0.05) is 10.6 Å². The standard InChI is InChI=1S/C11H9ClN6OS/c12-7-3-1-6(2-4-7)9-14-8(18-19-9)5-20-11-15-10(13)16-17-11/h1-4H,5H2,(H3,13,15,16,17). The van der Waals surface area contributed by atoms with E-state index in [9.17, 15) is 0 Å². The first-order valence-corrected chi connectivity index (χ1v) is 6.96. The number of halogens is 1. The van der Waals surface area contributed by atoms with E-state index in [1.54, 1.807) is 12.1 Å². The molecule has 0 radical (unpaired) electrons. The first-order chi connectivity index (χ1) is 9.70. The van der Waals surface area contributed by atoms with E-state index in [1.807, 2.05) is 12.1 Å². The molecule has 0 amide bonds. The number of hydrogen-bond acceptors (Lipinski definition) is 7. The summed E-state index contributed by atoms with van der Waals surface area (Å²) in [5.41, 5.74) is 6.26. The molecule has 0 unspecified atom stereocenters. The Hall–Kier alpha value is -2.06. The van der Waals surface area contributed by atoms with Crippen molar-refractivity contribution in [3.8, 4) is 11.5 Å². The minimum atomic E-state index is 0.280. The Kier molecular flexibility index (Phi) is 3.57. The topological polar surface area (TPSA) is 107 Å². The van der Waals surface area contributed by atoms with Crippen molar-refractivity contribution in [2.45, 2.75) is 10.9 Å². The maximum atomic E-state index is 5.83. The number of aromatic amines is 1. The maximum absolute atomic E-state index is 5.83. The number of hydrogen-bond donors (Lipinski definition) is 2. The first-order valence-electron chi connectivity index (χ1n) is 5.60. The van der Waals surface area contributed by atoms with Gasteiger partial charge in [0.2, 0.25) is 11.1 Å². The summed E-state index contributed by atoms with van der Waals surface area (Å²) < 4.78 is 5.19. The summed E-state index contributed by atoms with van der Waals surface area (Å²) in [5, 5.41) is 11.6. The van der Waals surface area contributed by atoms with Crippen LogP contribution in [0.15, 0.2) is 33.9 Å². The molecule has 0 aliphatic heterocycles. The molecule has 2 aromatic heterocycles. The van der Waals surface area contributed by atoms with Crippen LogP contribution in [0.5, 0.6) is 0 Å². The van der Waals surface area contributed by atoms with Crippen molar-refractivity contribution >= 4 is 29.3 Å². The molecule has 0 bridgehead atoms. The highest BCUT2D eigenvalue weighted by Gasteiger charge is 2.10. The maximum Gasteiger partial charge on any atom is 0.257 e. The minimum absolute atomic E-state index is 0.280. The largest absolute Gasteiger partial charge is 0.368 e. The van der Waals surface area contributed by atoms with Crippen molar-refractivity contribution < 1.29 is 4.52 Å². The van der Waals surface area contributed by atoms with Gasteiger partial charge < -0.3 is 10.3 Å². The molecule has 0 aliphatic carbocycles. The molecule has 0 saturated carbocycles. The normalized spacial score (nSPS) is 10.8. The highest BCUT2D eigenvalue weighted by atomic mass is 35.5. The van der Waals surface area contributed by atoms with E-state index in [-0.39, 0.29) is 5.95 Å². The number of H-pyrrole nitrogens is 1. The summed E-state index contributed by atoms with van der Waals surface area (Å²) in [6.45, 7) is 0. The molecule has 0 saturated heterocycles. The van der Waals surface area contributed by atoms with Crippen LogP contribution in [0.3, 0.4) is 0 Å². The minimum Gasteiger partial charge on any atom is -0.368 e. The Bertz CT molecular complexity index is 710. The third kappa shape index (κ3) is 2.91. The van der Waals surface area contributed by atoms with E-state index in [1.165, 1.54) is 11.8 Å². The molecular formula is C11H9ClN6OS. The van der Waals surface area contributed by atoms with Crippen molar-refractivity contribution in [2.75, 3.05) is 5.73 Å². The predicted molar refractivity (Wildman–Crippen MR) is 75.1 cm³/mol. The van der Waals surface area contributed by atoms with Gasteiger partial charge >= 0.3 is 0 Å². The molecule has 102 valence electrons. The Balaban J connectivity index is 1.69. The zero-order valence-electron chi connectivity index (χ0n) is 10.1. The second-order valence-electron chi connectivity index (χ2n) is 3.81. The van der Waals surface area contributed by atoms with Gasteiger partial charge in [0.1, 0.15) is 0 Å². The summed E-state index contributed by atoms with van der Waals surface area (Å²) in [4.78, 5) is 8.27. The zero-order valence-corrected chi connectivity index (χ0v) is 11.6. The number of thioether (sulfide) groups is 1. The number of rotatable bonds is 4. The lowest BCUT2D eigenvalue weighted by atomic mass is 10.2. The van der Waals surface area contributed by atoms with Gasteiger partial charge in [-0.2, -0.15) is 9.97 Å². The van der Waals surface area contributed by atoms with E-state index >= 15 is 0 Å². The summed E-state index contributed by atoms with van der Waals surface area (Å²) in [6, 6.07) is 7.18. The van der Waals surface area contributed by atoms with Crippen molar-refractivity contribution in [3.05, 3.63) is 35.1 Å². The monoisotopic (exact) mass is 308 g/mol. The summed E-state index contributed by atoms with van der Waals surface area (Å²) >= 11 is 7.19. The van der Waals surface area contributed by atoms with E-state index in [4.69, 9.17) is 21.9 Å². The average molecular weight is 309 g/mol. The van der Waals surface area contributed by atoms with E-state index in [2.05, 4.69) is 25.3 Å². The molecule has 7 nitrogen and oxygen atoms in total. The molecule has 0 spiro atoms. The second kappa shape index (κ2) is 5.51. The average Bonchev–Trinajstić information content (AvgIpc) is 3.06. The lowest BCUT2D eigenvalue weighted by Gasteiger charge is -1.93. The number of anilines is 1. The van der Waals surface area contributed by atoms with Crippen LogP contribution in [0, 0.1) is 0 Å². The van der Waals surface area contributed by atoms with Crippen LogP contribution < -0.4 is 5.73 Å². The van der Waals surface area contributed by atoms with E-state index in [0.29, 0.717) is 27.6 Å². The highest BCUT2D eigenvalue weighted by Crippen LogP contribution is 2.22. The lowest BCUT2D eigenvalue weighted by Crippen LogP contribution is -1.86. The van der Waals surface area contributed by atoms with Gasteiger partial charge in [0.25, 0.3) is 5.89 Å². The molecule has 3 N–H and O–H groups in total. The Morgan fingerprint density at radius 2 is 2.05 bits per heavy atom. The molecule has 20 heavy (non-hydrogen) atoms. The fourth-order valence-electron chi connectivity index (χ4n) is 1.47. The number of aromatic nitrogens is 5. The predicted octanol–water partition coefficient (Wildman–Crippen LogP) is 2.38. The molecule has 2 heterocycles. The van der Waals surface area contributed by atoms with Gasteiger partial charge in [-0.05, 0) is 24.3 Å². The molecule has 9 heteroatoms. The zero-order chi connectivity index (χ0) is 13.9. The van der Waals surface area contributed by atoms with Gasteiger partial charge in [0.05, 0.1) is 5.75 Å². The molecule has 0 aliphatic rings. The smallest absolute Gasteiger partial charge is 0.257 e. The molecule has 3 aromatic rings. The van der Waals surface area contributed by atoms with Crippen LogP contribution in [0.1, 0.15) is 5.82 Å². The quantitative estimate of drug-likeness (QED) is 0.712. The van der Waals surface area contributed by atoms with Crippen LogP contribution in [-0.2, 0) is 5.75 Å². The van der Waals surface area contributed by atoms with Gasteiger partial charge in [-0.25, -0.2) is 5.10 Å². The van der Waals surface area contributed by atoms with Gasteiger partial charge in [0.15, 0.2) is 5.82 Å². The van der Waals surface area contributed by atoms with Crippen LogP contribution >= 0.6 is 23.4 Å². The first kappa shape index (κ1) is 12.9. The SMILES string of the molecule is Nc1nc(SCc2noc(-c3ccc(Cl)cc3)n2)n[nH]1. The van der Waals surface area contributed by atoms with Crippen molar-refractivity contribution in [1.29, 1.82) is 0 Å². The third-order valence-corrected chi connectivity index (χ3v) is 3.47. The van der Waals surface area contributed by atoms with Crippen molar-refractivity contribution in [1.82, 2.24) is 25.3 Å². The third-order valence-electron chi connectivity index (χ3n) is 2.37. The Morgan fingerprint density at radius 3 is 2.75 bits per heavy atom. The van der Waals surface area contributed by atoms with Crippen molar-refractivity contribution in [3.63, 3.8) is 0 Å². The second-order valence-corrected chi connectivity index (χ2v) is 5.19. The Labute approximate surface area is 122 Å². The molecular weight excluding hydrogens is 300 g/mol. The highest BCUT2D eigenvalue weighted by molar-refractivity contribution is 7.98. The van der Waals surface area contributed by atoms with Gasteiger partial charge in [-0.15, -0.1) is 5.10 Å². The number of nitrogens with two attached hydrogens (primary N) is 1. The van der Waals surface area contributed by atoms with Crippen LogP contribution in [0.4, 0.5) is 5.95 Å². The fourth-order valence-corrected chi connectivity index (χ4v) is 2.25. The fraction of sp³-hybridized carbons (Fsp3) is 0.0909. The van der Waals surface area contributed by atoms with Crippen LogP contribution in [-0.4, -0.2) is 25.3 Å². The van der Waals surface area contributed by atoms with E-state index in [0.717, 1.165) is 5.56 Å². The van der Waals surface area contributed by atoms with Crippen molar-refractivity contribution in [2.24, 2.45) is 0 Å². The number of nitrogens with one attached hydrogen (secondary N) is 1. The summed E-state index contributed by atoms with van der Waals surface area (Å²) in [7, 11) is 0. The molecule has 0 fully saturated rings. The van der Waals surface area contributed by atoms with E-state index < -0.39 is 0 Å². The van der Waals surface area contributed by atoms with Gasteiger partial charge in [-0.3, -0.25) is 0 Å². The summed E-state index contributed by atoms with van der Waals surface area (Å²) in [5.74, 6) is 1.78. The summed E-state index contributed by atoms with van der Waals surface area (Å²) in [6.07, 6.45) is 0. The lowest BCUT2D eigenvalue weighted by molar-refractivity contribution is 0.425. The van der Waals surface area contributed by atoms with Crippen LogP contribution in [0.2, 0.25) is 5.02 Å². The molecule has 1 aromatic carbocycles. The number of nitrogens with zero attached hydrogens (tertiary/aromatic N) is 4. The number of benzene rings is 1. The van der Waals surface area contributed by atoms with Crippen LogP contribution in [0.25, 0.3) is 11.5 Å². The Morgan fingerprint density at radius 1 is 1.25 bits per heavy atom. The molecule has 0 atom stereocenters. The van der Waals surface area contributed by atoms with Gasteiger partial charge in [-0.1, -0.05) is 28.5 Å². The number of nitrogen functional groups attached to an aromatic ring is 1. The molecule has 3 rings (SSSR count).